The van der Waals surface area contributed by atoms with Crippen LogP contribution in [0, 0.1) is 5.92 Å². The van der Waals surface area contributed by atoms with Crippen LogP contribution in [-0.4, -0.2) is 34.4 Å². The molecule has 7 nitrogen and oxygen atoms in total. The number of carbonyl (C=O) groups excluding carboxylic acids is 3. The second-order valence-electron chi connectivity index (χ2n) is 8.09. The highest BCUT2D eigenvalue weighted by Crippen LogP contribution is 2.21. The molecule has 30 heavy (non-hydrogen) atoms. The van der Waals surface area contributed by atoms with E-state index in [9.17, 15) is 14.4 Å². The average molecular weight is 476 g/mol. The zero-order valence-corrected chi connectivity index (χ0v) is 19.2. The minimum Gasteiger partial charge on any atom is -0.444 e. The third-order valence-electron chi connectivity index (χ3n) is 4.01. The van der Waals surface area contributed by atoms with E-state index >= 15 is 0 Å². The van der Waals surface area contributed by atoms with Crippen molar-refractivity contribution < 1.29 is 19.1 Å². The van der Waals surface area contributed by atoms with E-state index in [-0.39, 0.29) is 17.4 Å². The Hall–Kier alpha value is -2.74. The van der Waals surface area contributed by atoms with Gasteiger partial charge in [-0.2, -0.15) is 0 Å². The van der Waals surface area contributed by atoms with E-state index in [4.69, 9.17) is 4.74 Å². The zero-order valence-electron chi connectivity index (χ0n) is 17.7. The second kappa shape index (κ2) is 9.84. The van der Waals surface area contributed by atoms with Crippen molar-refractivity contribution in [1.29, 1.82) is 0 Å². The lowest BCUT2D eigenvalue weighted by Crippen LogP contribution is -2.48. The van der Waals surface area contributed by atoms with Crippen LogP contribution in [0.2, 0.25) is 0 Å². The molecular formula is C22H26BrN3O4. The Morgan fingerprint density at radius 3 is 2.37 bits per heavy atom. The van der Waals surface area contributed by atoms with Gasteiger partial charge >= 0.3 is 6.09 Å². The van der Waals surface area contributed by atoms with Crippen LogP contribution in [0.5, 0.6) is 0 Å². The zero-order chi connectivity index (χ0) is 22.5. The number of aromatic nitrogens is 1. The summed E-state index contributed by atoms with van der Waals surface area (Å²) in [5, 5.41) is 5.36. The minimum atomic E-state index is -0.841. The number of amides is 2. The highest BCUT2D eigenvalue weighted by molar-refractivity contribution is 9.10. The Labute approximate surface area is 184 Å². The van der Waals surface area contributed by atoms with Crippen molar-refractivity contribution in [3.05, 3.63) is 58.3 Å². The van der Waals surface area contributed by atoms with Crippen LogP contribution in [0.25, 0.3) is 0 Å². The maximum Gasteiger partial charge on any atom is 0.408 e. The third kappa shape index (κ3) is 6.66. The van der Waals surface area contributed by atoms with Crippen LogP contribution >= 0.6 is 15.9 Å². The van der Waals surface area contributed by atoms with Gasteiger partial charge in [0.2, 0.25) is 11.7 Å². The number of anilines is 1. The Balaban J connectivity index is 2.23. The van der Waals surface area contributed by atoms with Crippen molar-refractivity contribution in [1.82, 2.24) is 10.3 Å². The molecule has 160 valence electrons. The van der Waals surface area contributed by atoms with Crippen LogP contribution in [0.3, 0.4) is 0 Å². The van der Waals surface area contributed by atoms with Gasteiger partial charge in [-0.15, -0.1) is 0 Å². The molecule has 1 heterocycles. The van der Waals surface area contributed by atoms with E-state index in [1.807, 2.05) is 13.8 Å². The normalized spacial score (nSPS) is 12.2. The van der Waals surface area contributed by atoms with Crippen molar-refractivity contribution >= 4 is 39.4 Å². The molecular weight excluding hydrogens is 450 g/mol. The molecule has 0 aliphatic carbocycles. The number of benzene rings is 1. The Bertz CT molecular complexity index is 938. The summed E-state index contributed by atoms with van der Waals surface area (Å²) in [6.07, 6.45) is 0.844. The molecule has 2 aromatic rings. The third-order valence-corrected chi connectivity index (χ3v) is 4.50. The summed E-state index contributed by atoms with van der Waals surface area (Å²) < 4.78 is 5.98. The fourth-order valence-electron chi connectivity index (χ4n) is 2.64. The predicted octanol–water partition coefficient (Wildman–Crippen LogP) is 4.56. The van der Waals surface area contributed by atoms with Gasteiger partial charge < -0.3 is 15.4 Å². The fourth-order valence-corrected chi connectivity index (χ4v) is 2.97. The molecule has 1 aromatic carbocycles. The van der Waals surface area contributed by atoms with Gasteiger partial charge in [0, 0.05) is 16.2 Å². The van der Waals surface area contributed by atoms with E-state index in [2.05, 4.69) is 31.5 Å². The summed E-state index contributed by atoms with van der Waals surface area (Å²) in [4.78, 5) is 42.1. The Morgan fingerprint density at radius 1 is 1.10 bits per heavy atom. The first-order chi connectivity index (χ1) is 14.0. The molecule has 0 bridgehead atoms. The van der Waals surface area contributed by atoms with Crippen molar-refractivity contribution in [2.24, 2.45) is 5.92 Å². The number of hydrogen-bond acceptors (Lipinski definition) is 5. The number of hydrogen-bond donors (Lipinski definition) is 2. The van der Waals surface area contributed by atoms with Crippen LogP contribution in [-0.2, 0) is 9.53 Å². The number of ketones is 1. The molecule has 8 heteroatoms. The molecule has 0 spiro atoms. The van der Waals surface area contributed by atoms with E-state index < -0.39 is 23.6 Å². The van der Waals surface area contributed by atoms with Gasteiger partial charge in [0.1, 0.15) is 17.3 Å². The summed E-state index contributed by atoms with van der Waals surface area (Å²) in [5.41, 5.74) is 0.207. The van der Waals surface area contributed by atoms with Gasteiger partial charge in [-0.1, -0.05) is 41.9 Å². The maximum atomic E-state index is 12.9. The summed E-state index contributed by atoms with van der Waals surface area (Å²) in [6.45, 7) is 8.85. The lowest BCUT2D eigenvalue weighted by atomic mass is 10.0. The quantitative estimate of drug-likeness (QED) is 0.596. The van der Waals surface area contributed by atoms with E-state index in [0.29, 0.717) is 11.3 Å². The van der Waals surface area contributed by atoms with Gasteiger partial charge in [0.25, 0.3) is 0 Å². The first-order valence-electron chi connectivity index (χ1n) is 9.53. The largest absolute Gasteiger partial charge is 0.444 e. The molecule has 0 aliphatic rings. The highest BCUT2D eigenvalue weighted by atomic mass is 79.9. The monoisotopic (exact) mass is 475 g/mol. The van der Waals surface area contributed by atoms with Crippen LogP contribution in [0.4, 0.5) is 10.5 Å². The SMILES string of the molecule is CC(C)[C@H](NC(=O)OC(C)(C)C)C(=O)Nc1ccccc1C(=O)c1cc(Br)ccn1. The second-order valence-corrected chi connectivity index (χ2v) is 9.01. The van der Waals surface area contributed by atoms with Crippen molar-refractivity contribution in [3.63, 3.8) is 0 Å². The van der Waals surface area contributed by atoms with Crippen LogP contribution in [0.15, 0.2) is 47.1 Å². The first-order valence-corrected chi connectivity index (χ1v) is 10.3. The number of para-hydroxylation sites is 1. The van der Waals surface area contributed by atoms with Gasteiger partial charge in [0.05, 0.1) is 5.69 Å². The summed E-state index contributed by atoms with van der Waals surface area (Å²) >= 11 is 3.33. The summed E-state index contributed by atoms with van der Waals surface area (Å²) in [5.74, 6) is -0.973. The van der Waals surface area contributed by atoms with Gasteiger partial charge in [-0.3, -0.25) is 14.6 Å². The van der Waals surface area contributed by atoms with Gasteiger partial charge in [0.15, 0.2) is 0 Å². The standard InChI is InChI=1S/C22H26BrN3O4/c1-13(2)18(26-21(29)30-22(3,4)5)20(28)25-16-9-7-6-8-15(16)19(27)17-12-14(23)10-11-24-17/h6-13,18H,1-5H3,(H,25,28)(H,26,29)/t18-/m0/s1. The fraction of sp³-hybridized carbons (Fsp3) is 0.364. The lowest BCUT2D eigenvalue weighted by molar-refractivity contribution is -0.119. The molecule has 0 unspecified atom stereocenters. The molecule has 0 radical (unpaired) electrons. The average Bonchev–Trinajstić information content (AvgIpc) is 2.64. The van der Waals surface area contributed by atoms with E-state index in [1.165, 1.54) is 6.20 Å². The number of nitrogens with zero attached hydrogens (tertiary/aromatic N) is 1. The molecule has 0 fully saturated rings. The molecule has 0 aliphatic heterocycles. The number of ether oxygens (including phenoxy) is 1. The van der Waals surface area contributed by atoms with E-state index in [0.717, 1.165) is 4.47 Å². The highest BCUT2D eigenvalue weighted by Gasteiger charge is 2.28. The van der Waals surface area contributed by atoms with E-state index in [1.54, 1.807) is 57.2 Å². The molecule has 2 N–H and O–H groups in total. The molecule has 2 amide bonds. The van der Waals surface area contributed by atoms with Crippen molar-refractivity contribution in [3.8, 4) is 0 Å². The minimum absolute atomic E-state index is 0.202. The molecule has 0 saturated heterocycles. The summed E-state index contributed by atoms with van der Waals surface area (Å²) in [6, 6.07) is 9.17. The Morgan fingerprint density at radius 2 is 1.77 bits per heavy atom. The number of halogens is 1. The van der Waals surface area contributed by atoms with Crippen molar-refractivity contribution in [2.45, 2.75) is 46.3 Å². The lowest BCUT2D eigenvalue weighted by Gasteiger charge is -2.25. The van der Waals surface area contributed by atoms with Crippen LogP contribution in [0.1, 0.15) is 50.7 Å². The number of rotatable bonds is 6. The summed E-state index contributed by atoms with van der Waals surface area (Å²) in [7, 11) is 0. The molecule has 0 saturated carbocycles. The van der Waals surface area contributed by atoms with Crippen LogP contribution < -0.4 is 10.6 Å². The van der Waals surface area contributed by atoms with Gasteiger partial charge in [-0.05, 0) is 51.0 Å². The molecule has 1 aromatic heterocycles. The first kappa shape index (κ1) is 23.5. The predicted molar refractivity (Wildman–Crippen MR) is 118 cm³/mol. The smallest absolute Gasteiger partial charge is 0.408 e. The molecule has 2 rings (SSSR count). The number of carbonyl (C=O) groups is 3. The van der Waals surface area contributed by atoms with Gasteiger partial charge in [-0.25, -0.2) is 4.79 Å². The van der Waals surface area contributed by atoms with Crippen molar-refractivity contribution in [2.75, 3.05) is 5.32 Å². The number of nitrogens with one attached hydrogen (secondary N) is 2. The topological polar surface area (TPSA) is 97.4 Å². The molecule has 1 atom stereocenters. The Kier molecular flexibility index (Phi) is 7.72. The number of pyridine rings is 1. The number of alkyl carbamates (subject to hydrolysis) is 1. The maximum absolute atomic E-state index is 12.9.